The third-order valence-electron chi connectivity index (χ3n) is 5.47. The van der Waals surface area contributed by atoms with Crippen LogP contribution in [0.4, 0.5) is 11.4 Å². The minimum absolute atomic E-state index is 0.0766. The van der Waals surface area contributed by atoms with Crippen molar-refractivity contribution < 1.29 is 8.42 Å². The minimum atomic E-state index is -3.44. The fourth-order valence-corrected chi connectivity index (χ4v) is 5.42. The summed E-state index contributed by atoms with van der Waals surface area (Å²) in [6.45, 7) is 2.11. The zero-order valence-electron chi connectivity index (χ0n) is 15.7. The SMILES string of the molecule is CC1(Cc2ccc(S(=O)(=O)NC3CCCCC3)cc2)Nc2ccccc2N1. The standard InChI is InChI=1S/C21H27N3O2S/c1-21(22-19-9-5-6-10-20(19)23-21)15-16-11-13-18(14-12-16)27(25,26)24-17-7-3-2-4-8-17/h5-6,9-14,17,22-24H,2-4,7-8,15H2,1H3. The van der Waals surface area contributed by atoms with Crippen molar-refractivity contribution in [2.24, 2.45) is 0 Å². The highest BCUT2D eigenvalue weighted by Crippen LogP contribution is 2.35. The number of rotatable bonds is 5. The first-order valence-corrected chi connectivity index (χ1v) is 11.2. The third kappa shape index (κ3) is 4.12. The molecule has 0 amide bonds. The number of sulfonamides is 1. The molecule has 0 radical (unpaired) electrons. The Balaban J connectivity index is 1.43. The topological polar surface area (TPSA) is 70.2 Å². The van der Waals surface area contributed by atoms with Crippen LogP contribution in [-0.4, -0.2) is 20.1 Å². The molecule has 144 valence electrons. The van der Waals surface area contributed by atoms with Gasteiger partial charge in [0.25, 0.3) is 0 Å². The van der Waals surface area contributed by atoms with E-state index in [2.05, 4.69) is 34.4 Å². The van der Waals surface area contributed by atoms with Crippen LogP contribution in [-0.2, 0) is 16.4 Å². The zero-order chi connectivity index (χ0) is 18.9. The summed E-state index contributed by atoms with van der Waals surface area (Å²) in [5.41, 5.74) is 2.98. The first-order chi connectivity index (χ1) is 12.9. The van der Waals surface area contributed by atoms with Crippen molar-refractivity contribution in [3.63, 3.8) is 0 Å². The molecule has 0 unspecified atom stereocenters. The molecule has 3 N–H and O–H groups in total. The molecule has 2 aromatic carbocycles. The van der Waals surface area contributed by atoms with Crippen LogP contribution < -0.4 is 15.4 Å². The summed E-state index contributed by atoms with van der Waals surface area (Å²) in [5.74, 6) is 0. The van der Waals surface area contributed by atoms with Gasteiger partial charge in [-0.2, -0.15) is 0 Å². The molecule has 1 aliphatic carbocycles. The lowest BCUT2D eigenvalue weighted by Gasteiger charge is -2.26. The van der Waals surface area contributed by atoms with Gasteiger partial charge in [-0.3, -0.25) is 0 Å². The molecule has 6 heteroatoms. The fraction of sp³-hybridized carbons (Fsp3) is 0.429. The van der Waals surface area contributed by atoms with E-state index in [0.717, 1.165) is 49.0 Å². The molecule has 0 saturated heterocycles. The van der Waals surface area contributed by atoms with Gasteiger partial charge in [0.1, 0.15) is 5.66 Å². The molecular weight excluding hydrogens is 358 g/mol. The average molecular weight is 386 g/mol. The van der Waals surface area contributed by atoms with Crippen LogP contribution in [0.5, 0.6) is 0 Å². The summed E-state index contributed by atoms with van der Waals surface area (Å²) in [6, 6.07) is 15.5. The van der Waals surface area contributed by atoms with Crippen LogP contribution >= 0.6 is 0 Å². The molecule has 2 aliphatic rings. The monoisotopic (exact) mass is 385 g/mol. The predicted octanol–water partition coefficient (Wildman–Crippen LogP) is 4.09. The second-order valence-electron chi connectivity index (χ2n) is 7.90. The third-order valence-corrected chi connectivity index (χ3v) is 7.00. The van der Waals surface area contributed by atoms with E-state index in [4.69, 9.17) is 0 Å². The highest BCUT2D eigenvalue weighted by atomic mass is 32.2. The van der Waals surface area contributed by atoms with Gasteiger partial charge in [-0.05, 0) is 49.6 Å². The van der Waals surface area contributed by atoms with E-state index < -0.39 is 10.0 Å². The van der Waals surface area contributed by atoms with Gasteiger partial charge in [-0.1, -0.05) is 43.5 Å². The highest BCUT2D eigenvalue weighted by Gasteiger charge is 2.31. The summed E-state index contributed by atoms with van der Waals surface area (Å²) in [6.07, 6.45) is 6.04. The molecule has 0 aromatic heterocycles. The quantitative estimate of drug-likeness (QED) is 0.725. The Hall–Kier alpha value is -2.05. The average Bonchev–Trinajstić information content (AvgIpc) is 2.98. The van der Waals surface area contributed by atoms with Crippen molar-refractivity contribution in [1.29, 1.82) is 0 Å². The molecular formula is C21H27N3O2S. The largest absolute Gasteiger partial charge is 0.361 e. The molecule has 0 bridgehead atoms. The van der Waals surface area contributed by atoms with E-state index in [9.17, 15) is 8.42 Å². The van der Waals surface area contributed by atoms with E-state index in [1.807, 2.05) is 24.3 Å². The van der Waals surface area contributed by atoms with Crippen molar-refractivity contribution in [2.45, 2.75) is 62.0 Å². The molecule has 0 spiro atoms. The number of hydrogen-bond donors (Lipinski definition) is 3. The Labute approximate surface area is 161 Å². The molecule has 1 fully saturated rings. The van der Waals surface area contributed by atoms with Gasteiger partial charge in [0.15, 0.2) is 0 Å². The summed E-state index contributed by atoms with van der Waals surface area (Å²) in [5, 5.41) is 7.03. The first kappa shape index (κ1) is 18.3. The van der Waals surface area contributed by atoms with Crippen molar-refractivity contribution in [1.82, 2.24) is 4.72 Å². The van der Waals surface area contributed by atoms with Crippen molar-refractivity contribution >= 4 is 21.4 Å². The van der Waals surface area contributed by atoms with Crippen LogP contribution in [0, 0.1) is 0 Å². The van der Waals surface area contributed by atoms with Gasteiger partial charge in [0.05, 0.1) is 16.3 Å². The maximum atomic E-state index is 12.6. The molecule has 5 nitrogen and oxygen atoms in total. The van der Waals surface area contributed by atoms with E-state index in [1.54, 1.807) is 12.1 Å². The Morgan fingerprint density at radius 1 is 0.963 bits per heavy atom. The summed E-state index contributed by atoms with van der Waals surface area (Å²) in [4.78, 5) is 0.345. The number of hydrogen-bond acceptors (Lipinski definition) is 4. The number of fused-ring (bicyclic) bond motifs is 1. The Kier molecular flexibility index (Phi) is 4.86. The van der Waals surface area contributed by atoms with Crippen LogP contribution in [0.25, 0.3) is 0 Å². The van der Waals surface area contributed by atoms with Crippen molar-refractivity contribution in [3.8, 4) is 0 Å². The summed E-state index contributed by atoms with van der Waals surface area (Å²) in [7, 11) is -3.44. The smallest absolute Gasteiger partial charge is 0.240 e. The lowest BCUT2D eigenvalue weighted by atomic mass is 9.96. The molecule has 4 rings (SSSR count). The van der Waals surface area contributed by atoms with E-state index in [0.29, 0.717) is 4.90 Å². The number of anilines is 2. The molecule has 1 saturated carbocycles. The Morgan fingerprint density at radius 3 is 2.15 bits per heavy atom. The molecule has 0 atom stereocenters. The summed E-state index contributed by atoms with van der Waals surface area (Å²) < 4.78 is 28.1. The van der Waals surface area contributed by atoms with E-state index in [-0.39, 0.29) is 11.7 Å². The normalized spacial score (nSPS) is 19.1. The first-order valence-electron chi connectivity index (χ1n) is 9.70. The predicted molar refractivity (Wildman–Crippen MR) is 109 cm³/mol. The molecule has 27 heavy (non-hydrogen) atoms. The maximum Gasteiger partial charge on any atom is 0.240 e. The highest BCUT2D eigenvalue weighted by molar-refractivity contribution is 7.89. The Morgan fingerprint density at radius 2 is 1.56 bits per heavy atom. The lowest BCUT2D eigenvalue weighted by Crippen LogP contribution is -2.40. The van der Waals surface area contributed by atoms with Crippen LogP contribution in [0.3, 0.4) is 0 Å². The number of benzene rings is 2. The van der Waals surface area contributed by atoms with Crippen LogP contribution in [0.15, 0.2) is 53.4 Å². The Bertz CT molecular complexity index is 878. The molecule has 2 aromatic rings. The van der Waals surface area contributed by atoms with Crippen LogP contribution in [0.2, 0.25) is 0 Å². The van der Waals surface area contributed by atoms with Gasteiger partial charge in [-0.25, -0.2) is 13.1 Å². The minimum Gasteiger partial charge on any atom is -0.361 e. The van der Waals surface area contributed by atoms with Gasteiger partial charge in [-0.15, -0.1) is 0 Å². The summed E-state index contributed by atoms with van der Waals surface area (Å²) >= 11 is 0. The van der Waals surface area contributed by atoms with Crippen molar-refractivity contribution in [2.75, 3.05) is 10.6 Å². The lowest BCUT2D eigenvalue weighted by molar-refractivity contribution is 0.412. The number of para-hydroxylation sites is 2. The van der Waals surface area contributed by atoms with Crippen molar-refractivity contribution in [3.05, 3.63) is 54.1 Å². The van der Waals surface area contributed by atoms with Gasteiger partial charge < -0.3 is 10.6 Å². The second-order valence-corrected chi connectivity index (χ2v) is 9.62. The van der Waals surface area contributed by atoms with E-state index >= 15 is 0 Å². The van der Waals surface area contributed by atoms with Gasteiger partial charge in [0.2, 0.25) is 10.0 Å². The fourth-order valence-electron chi connectivity index (χ4n) is 4.12. The molecule has 1 aliphatic heterocycles. The zero-order valence-corrected chi connectivity index (χ0v) is 16.5. The molecule has 1 heterocycles. The number of nitrogens with one attached hydrogen (secondary N) is 3. The van der Waals surface area contributed by atoms with Gasteiger partial charge >= 0.3 is 0 Å². The van der Waals surface area contributed by atoms with Crippen LogP contribution in [0.1, 0.15) is 44.6 Å². The maximum absolute atomic E-state index is 12.6. The van der Waals surface area contributed by atoms with Gasteiger partial charge in [0, 0.05) is 12.5 Å². The second kappa shape index (κ2) is 7.17. The van der Waals surface area contributed by atoms with E-state index in [1.165, 1.54) is 6.42 Å².